The van der Waals surface area contributed by atoms with Crippen molar-refractivity contribution >= 4 is 10.0 Å². The number of hydrogen-bond donors (Lipinski definition) is 0. The molecule has 0 aromatic carbocycles. The van der Waals surface area contributed by atoms with Crippen molar-refractivity contribution in [3.63, 3.8) is 0 Å². The number of nitrogens with zero attached hydrogens (tertiary/aromatic N) is 4. The van der Waals surface area contributed by atoms with Gasteiger partial charge in [-0.3, -0.25) is 0 Å². The molecule has 2 aromatic rings. The van der Waals surface area contributed by atoms with Gasteiger partial charge >= 0.3 is 0 Å². The summed E-state index contributed by atoms with van der Waals surface area (Å²) in [6.07, 6.45) is 5.65. The zero-order chi connectivity index (χ0) is 18.9. The minimum Gasteiger partial charge on any atom is -0.360 e. The summed E-state index contributed by atoms with van der Waals surface area (Å²) < 4.78 is 35.0. The Labute approximate surface area is 155 Å². The van der Waals surface area contributed by atoms with E-state index in [9.17, 15) is 8.42 Å². The van der Waals surface area contributed by atoms with Gasteiger partial charge in [0.05, 0.1) is 0 Å². The van der Waals surface area contributed by atoms with Gasteiger partial charge in [-0.05, 0) is 46.0 Å². The summed E-state index contributed by atoms with van der Waals surface area (Å²) in [6, 6.07) is 0. The number of imidazole rings is 1. The molecule has 3 heterocycles. The van der Waals surface area contributed by atoms with Gasteiger partial charge in [-0.25, -0.2) is 13.4 Å². The molecule has 1 atom stereocenters. The lowest BCUT2D eigenvalue weighted by atomic mass is 9.96. The smallest absolute Gasteiger partial charge is 0.248 e. The van der Waals surface area contributed by atoms with Crippen molar-refractivity contribution in [2.45, 2.75) is 64.8 Å². The van der Waals surface area contributed by atoms with Crippen LogP contribution in [0.15, 0.2) is 15.6 Å². The molecule has 1 unspecified atom stereocenters. The van der Waals surface area contributed by atoms with Crippen LogP contribution in [0.1, 0.15) is 49.2 Å². The fourth-order valence-electron chi connectivity index (χ4n) is 3.84. The number of piperidine rings is 1. The highest BCUT2D eigenvalue weighted by Crippen LogP contribution is 2.29. The molecule has 144 valence electrons. The molecule has 0 bridgehead atoms. The Morgan fingerprint density at radius 1 is 1.31 bits per heavy atom. The molecule has 2 aromatic heterocycles. The Hall–Kier alpha value is -1.67. The fourth-order valence-corrected chi connectivity index (χ4v) is 5.69. The van der Waals surface area contributed by atoms with E-state index in [0.717, 1.165) is 43.7 Å². The van der Waals surface area contributed by atoms with E-state index in [4.69, 9.17) is 4.52 Å². The molecule has 1 aliphatic heterocycles. The number of aromatic nitrogens is 3. The van der Waals surface area contributed by atoms with Crippen LogP contribution in [0.5, 0.6) is 0 Å². The molecule has 26 heavy (non-hydrogen) atoms. The van der Waals surface area contributed by atoms with Crippen molar-refractivity contribution in [3.05, 3.63) is 29.2 Å². The minimum absolute atomic E-state index is 0.224. The number of sulfonamides is 1. The van der Waals surface area contributed by atoms with E-state index in [-0.39, 0.29) is 10.8 Å². The highest BCUT2D eigenvalue weighted by Gasteiger charge is 2.34. The van der Waals surface area contributed by atoms with Crippen molar-refractivity contribution < 1.29 is 12.9 Å². The standard InChI is InChI=1S/C18H28N4O3S/c1-5-8-22-13(2)11-19-17(22)10-16-7-6-9-21(12-16)26(23,24)18-14(3)20-25-15(18)4/h11,16H,5-10,12H2,1-4H3. The molecule has 0 amide bonds. The first-order chi connectivity index (χ1) is 12.3. The van der Waals surface area contributed by atoms with Crippen LogP contribution in [0.4, 0.5) is 0 Å². The van der Waals surface area contributed by atoms with E-state index >= 15 is 0 Å². The number of hydrogen-bond acceptors (Lipinski definition) is 5. The maximum atomic E-state index is 13.1. The Balaban J connectivity index is 1.78. The topological polar surface area (TPSA) is 81.2 Å². The first-order valence-corrected chi connectivity index (χ1v) is 10.7. The van der Waals surface area contributed by atoms with E-state index in [1.807, 2.05) is 6.20 Å². The van der Waals surface area contributed by atoms with E-state index in [2.05, 4.69) is 28.6 Å². The number of aryl methyl sites for hydroxylation is 3. The van der Waals surface area contributed by atoms with Gasteiger partial charge in [0.15, 0.2) is 5.76 Å². The number of rotatable bonds is 6. The molecule has 3 rings (SSSR count). The van der Waals surface area contributed by atoms with E-state index in [0.29, 0.717) is 24.5 Å². The van der Waals surface area contributed by atoms with Gasteiger partial charge in [0.1, 0.15) is 16.4 Å². The Bertz CT molecular complexity index is 850. The van der Waals surface area contributed by atoms with Gasteiger partial charge < -0.3 is 9.09 Å². The molecule has 1 saturated heterocycles. The van der Waals surface area contributed by atoms with Crippen LogP contribution in [0.3, 0.4) is 0 Å². The molecule has 0 aliphatic carbocycles. The molecule has 1 fully saturated rings. The van der Waals surface area contributed by atoms with Crippen molar-refractivity contribution in [2.75, 3.05) is 13.1 Å². The largest absolute Gasteiger partial charge is 0.360 e. The first kappa shape index (κ1) is 19.1. The lowest BCUT2D eigenvalue weighted by Crippen LogP contribution is -2.41. The van der Waals surface area contributed by atoms with E-state index in [1.165, 1.54) is 0 Å². The average Bonchev–Trinajstić information content (AvgIpc) is 3.12. The van der Waals surface area contributed by atoms with Crippen molar-refractivity contribution in [3.8, 4) is 0 Å². The maximum absolute atomic E-state index is 13.1. The molecule has 0 saturated carbocycles. The third-order valence-corrected chi connectivity index (χ3v) is 7.21. The van der Waals surface area contributed by atoms with Gasteiger partial charge in [-0.2, -0.15) is 4.31 Å². The average molecular weight is 381 g/mol. The SMILES string of the molecule is CCCn1c(C)cnc1CC1CCCN(S(=O)(=O)c2c(C)noc2C)C1. The van der Waals surface area contributed by atoms with E-state index in [1.54, 1.807) is 18.2 Å². The second-order valence-electron chi connectivity index (χ2n) is 7.20. The molecule has 0 N–H and O–H groups in total. The van der Waals surface area contributed by atoms with Crippen molar-refractivity contribution in [1.82, 2.24) is 19.0 Å². The molecular formula is C18H28N4O3S. The highest BCUT2D eigenvalue weighted by atomic mass is 32.2. The van der Waals surface area contributed by atoms with Crippen molar-refractivity contribution in [2.24, 2.45) is 5.92 Å². The molecule has 1 aliphatic rings. The normalized spacial score (nSPS) is 19.2. The van der Waals surface area contributed by atoms with Gasteiger partial charge in [-0.15, -0.1) is 0 Å². The summed E-state index contributed by atoms with van der Waals surface area (Å²) >= 11 is 0. The summed E-state index contributed by atoms with van der Waals surface area (Å²) in [5.74, 6) is 1.70. The zero-order valence-corrected chi connectivity index (χ0v) is 16.8. The summed E-state index contributed by atoms with van der Waals surface area (Å²) in [5, 5.41) is 3.80. The van der Waals surface area contributed by atoms with Gasteiger partial charge in [0.25, 0.3) is 0 Å². The lowest BCUT2D eigenvalue weighted by Gasteiger charge is -2.31. The summed E-state index contributed by atoms with van der Waals surface area (Å²) in [5.41, 5.74) is 1.59. The molecule has 0 spiro atoms. The second kappa shape index (κ2) is 7.52. The van der Waals surface area contributed by atoms with Crippen LogP contribution in [0, 0.1) is 26.7 Å². The Morgan fingerprint density at radius 2 is 2.08 bits per heavy atom. The molecular weight excluding hydrogens is 352 g/mol. The van der Waals surface area contributed by atoms with Crippen LogP contribution in [-0.2, 0) is 23.0 Å². The molecule has 7 nitrogen and oxygen atoms in total. The minimum atomic E-state index is -3.57. The Kier molecular flexibility index (Phi) is 5.53. The fraction of sp³-hybridized carbons (Fsp3) is 0.667. The van der Waals surface area contributed by atoms with Gasteiger partial charge in [0, 0.05) is 37.9 Å². The molecule has 8 heteroatoms. The Morgan fingerprint density at radius 3 is 2.73 bits per heavy atom. The maximum Gasteiger partial charge on any atom is 0.248 e. The predicted octanol–water partition coefficient (Wildman–Crippen LogP) is 2.85. The van der Waals surface area contributed by atoms with Crippen LogP contribution in [0.2, 0.25) is 0 Å². The summed E-state index contributed by atoms with van der Waals surface area (Å²) in [7, 11) is -3.57. The third-order valence-electron chi connectivity index (χ3n) is 5.10. The second-order valence-corrected chi connectivity index (χ2v) is 9.07. The highest BCUT2D eigenvalue weighted by molar-refractivity contribution is 7.89. The summed E-state index contributed by atoms with van der Waals surface area (Å²) in [6.45, 7) is 9.57. The van der Waals surface area contributed by atoms with Crippen LogP contribution in [0.25, 0.3) is 0 Å². The van der Waals surface area contributed by atoms with Gasteiger partial charge in [0.2, 0.25) is 10.0 Å². The zero-order valence-electron chi connectivity index (χ0n) is 16.0. The van der Waals surface area contributed by atoms with Gasteiger partial charge in [-0.1, -0.05) is 12.1 Å². The van der Waals surface area contributed by atoms with Crippen LogP contribution >= 0.6 is 0 Å². The quantitative estimate of drug-likeness (QED) is 0.770. The monoisotopic (exact) mass is 380 g/mol. The predicted molar refractivity (Wildman–Crippen MR) is 98.4 cm³/mol. The van der Waals surface area contributed by atoms with E-state index < -0.39 is 10.0 Å². The van der Waals surface area contributed by atoms with Crippen molar-refractivity contribution in [1.29, 1.82) is 0 Å². The van der Waals surface area contributed by atoms with Crippen LogP contribution in [-0.4, -0.2) is 40.5 Å². The third kappa shape index (κ3) is 3.57. The summed E-state index contributed by atoms with van der Waals surface area (Å²) in [4.78, 5) is 4.79. The molecule has 0 radical (unpaired) electrons. The lowest BCUT2D eigenvalue weighted by molar-refractivity contribution is 0.261. The van der Waals surface area contributed by atoms with Crippen LogP contribution < -0.4 is 0 Å². The first-order valence-electron chi connectivity index (χ1n) is 9.28.